The van der Waals surface area contributed by atoms with Crippen LogP contribution in [0.1, 0.15) is 0 Å². The summed E-state index contributed by atoms with van der Waals surface area (Å²) in [4.78, 5) is 15.6. The van der Waals surface area contributed by atoms with Gasteiger partial charge in [0.25, 0.3) is 0 Å². The van der Waals surface area contributed by atoms with Crippen molar-refractivity contribution >= 4 is 29.3 Å². The number of thioether (sulfide) groups is 1. The highest BCUT2D eigenvalue weighted by atomic mass is 35.5. The maximum atomic E-state index is 11.6. The minimum atomic E-state index is -0.0386. The average molecular weight is 359 g/mol. The predicted molar refractivity (Wildman–Crippen MR) is 97.1 cm³/mol. The minimum Gasteiger partial charge on any atom is -0.358 e. The number of aromatic amines is 1. The van der Waals surface area contributed by atoms with Gasteiger partial charge in [-0.25, -0.2) is 0 Å². The Morgan fingerprint density at radius 1 is 1.17 bits per heavy atom. The van der Waals surface area contributed by atoms with Crippen LogP contribution in [0, 0.1) is 0 Å². The van der Waals surface area contributed by atoms with Gasteiger partial charge in [-0.3, -0.25) is 14.9 Å². The van der Waals surface area contributed by atoms with Crippen molar-refractivity contribution in [2.75, 3.05) is 12.8 Å². The number of rotatable bonds is 5. The highest BCUT2D eigenvalue weighted by Crippen LogP contribution is 2.37. The number of amides is 1. The summed E-state index contributed by atoms with van der Waals surface area (Å²) in [7, 11) is 1.62. The van der Waals surface area contributed by atoms with E-state index in [1.165, 1.54) is 11.8 Å². The van der Waals surface area contributed by atoms with Crippen molar-refractivity contribution < 1.29 is 4.79 Å². The molecule has 2 heterocycles. The highest BCUT2D eigenvalue weighted by molar-refractivity contribution is 8.00. The van der Waals surface area contributed by atoms with Crippen LogP contribution < -0.4 is 5.32 Å². The standard InChI is InChI=1S/C17H15ClN4OS/c1-19-14(23)10-24-17-15(11-6-8-20-9-7-11)16(21-22-17)12-2-4-13(18)5-3-12/h2-9H,10H2,1H3,(H,19,23)(H,21,22). The zero-order chi connectivity index (χ0) is 16.9. The van der Waals surface area contributed by atoms with Gasteiger partial charge in [-0.2, -0.15) is 5.10 Å². The van der Waals surface area contributed by atoms with Gasteiger partial charge in [-0.05, 0) is 29.8 Å². The quantitative estimate of drug-likeness (QED) is 0.683. The van der Waals surface area contributed by atoms with Crippen LogP contribution in [0.15, 0.2) is 53.8 Å². The Hall–Kier alpha value is -2.31. The first kappa shape index (κ1) is 16.5. The van der Waals surface area contributed by atoms with Crippen LogP contribution in [0.2, 0.25) is 5.02 Å². The summed E-state index contributed by atoms with van der Waals surface area (Å²) in [5.74, 6) is 0.278. The first-order chi connectivity index (χ1) is 11.7. The lowest BCUT2D eigenvalue weighted by molar-refractivity contribution is -0.118. The molecule has 0 unspecified atom stereocenters. The maximum Gasteiger partial charge on any atom is 0.230 e. The number of nitrogens with zero attached hydrogens (tertiary/aromatic N) is 2. The predicted octanol–water partition coefficient (Wildman–Crippen LogP) is 3.63. The van der Waals surface area contributed by atoms with E-state index in [9.17, 15) is 4.79 Å². The van der Waals surface area contributed by atoms with Gasteiger partial charge in [0.15, 0.2) is 0 Å². The van der Waals surface area contributed by atoms with E-state index in [-0.39, 0.29) is 5.91 Å². The van der Waals surface area contributed by atoms with Crippen molar-refractivity contribution in [3.05, 3.63) is 53.8 Å². The Morgan fingerprint density at radius 2 is 1.88 bits per heavy atom. The molecule has 5 nitrogen and oxygen atoms in total. The zero-order valence-electron chi connectivity index (χ0n) is 12.9. The van der Waals surface area contributed by atoms with Gasteiger partial charge in [0.05, 0.1) is 10.8 Å². The normalized spacial score (nSPS) is 10.6. The van der Waals surface area contributed by atoms with Crippen molar-refractivity contribution in [2.45, 2.75) is 5.03 Å². The molecule has 24 heavy (non-hydrogen) atoms. The Kier molecular flexibility index (Phi) is 5.17. The molecule has 1 amide bonds. The molecule has 0 aliphatic rings. The number of benzene rings is 1. The van der Waals surface area contributed by atoms with E-state index in [0.29, 0.717) is 10.8 Å². The number of hydrogen-bond donors (Lipinski definition) is 2. The fourth-order valence-electron chi connectivity index (χ4n) is 2.24. The molecule has 0 bridgehead atoms. The molecule has 0 fully saturated rings. The Morgan fingerprint density at radius 3 is 2.54 bits per heavy atom. The number of H-pyrrole nitrogens is 1. The molecule has 0 spiro atoms. The average Bonchev–Trinajstić information content (AvgIpc) is 3.05. The van der Waals surface area contributed by atoms with E-state index in [2.05, 4.69) is 20.5 Å². The van der Waals surface area contributed by atoms with Crippen molar-refractivity contribution in [3.8, 4) is 22.4 Å². The lowest BCUT2D eigenvalue weighted by Gasteiger charge is -2.06. The van der Waals surface area contributed by atoms with Crippen molar-refractivity contribution in [1.82, 2.24) is 20.5 Å². The Bertz CT molecular complexity index is 834. The molecule has 3 rings (SSSR count). The van der Waals surface area contributed by atoms with Crippen LogP contribution in [-0.4, -0.2) is 33.9 Å². The SMILES string of the molecule is CNC(=O)CSc1[nH]nc(-c2ccc(Cl)cc2)c1-c1ccncc1. The fourth-order valence-corrected chi connectivity index (χ4v) is 3.26. The van der Waals surface area contributed by atoms with E-state index in [1.807, 2.05) is 36.4 Å². The molecule has 0 saturated heterocycles. The molecule has 0 radical (unpaired) electrons. The third-order valence-corrected chi connectivity index (χ3v) is 4.69. The minimum absolute atomic E-state index is 0.0386. The van der Waals surface area contributed by atoms with Crippen LogP contribution in [0.3, 0.4) is 0 Å². The number of halogens is 1. The largest absolute Gasteiger partial charge is 0.358 e. The van der Waals surface area contributed by atoms with Crippen LogP contribution >= 0.6 is 23.4 Å². The monoisotopic (exact) mass is 358 g/mol. The van der Waals surface area contributed by atoms with Gasteiger partial charge in [-0.1, -0.05) is 35.5 Å². The third-order valence-electron chi connectivity index (χ3n) is 3.45. The van der Waals surface area contributed by atoms with Crippen LogP contribution in [0.25, 0.3) is 22.4 Å². The van der Waals surface area contributed by atoms with E-state index in [4.69, 9.17) is 11.6 Å². The maximum absolute atomic E-state index is 11.6. The summed E-state index contributed by atoms with van der Waals surface area (Å²) >= 11 is 7.39. The molecule has 1 aromatic carbocycles. The number of carbonyl (C=O) groups is 1. The second-order valence-electron chi connectivity index (χ2n) is 4.98. The fraction of sp³-hybridized carbons (Fsp3) is 0.118. The van der Waals surface area contributed by atoms with E-state index in [0.717, 1.165) is 27.4 Å². The van der Waals surface area contributed by atoms with E-state index in [1.54, 1.807) is 19.4 Å². The Labute approximate surface area is 148 Å². The Balaban J connectivity index is 2.04. The number of aromatic nitrogens is 3. The van der Waals surface area contributed by atoms with Gasteiger partial charge in [0.1, 0.15) is 5.69 Å². The van der Waals surface area contributed by atoms with Crippen molar-refractivity contribution in [1.29, 1.82) is 0 Å². The lowest BCUT2D eigenvalue weighted by Crippen LogP contribution is -2.19. The summed E-state index contributed by atoms with van der Waals surface area (Å²) in [6.07, 6.45) is 3.47. The van der Waals surface area contributed by atoms with Gasteiger partial charge in [0, 0.05) is 35.6 Å². The lowest BCUT2D eigenvalue weighted by atomic mass is 10.0. The number of hydrogen-bond acceptors (Lipinski definition) is 4. The summed E-state index contributed by atoms with van der Waals surface area (Å²) in [6.45, 7) is 0. The van der Waals surface area contributed by atoms with E-state index < -0.39 is 0 Å². The second-order valence-corrected chi connectivity index (χ2v) is 6.40. The topological polar surface area (TPSA) is 70.7 Å². The third kappa shape index (κ3) is 3.60. The molecular formula is C17H15ClN4OS. The van der Waals surface area contributed by atoms with Gasteiger partial charge in [-0.15, -0.1) is 0 Å². The number of pyridine rings is 1. The molecule has 3 aromatic rings. The van der Waals surface area contributed by atoms with Gasteiger partial charge >= 0.3 is 0 Å². The van der Waals surface area contributed by atoms with Crippen LogP contribution in [0.5, 0.6) is 0 Å². The van der Waals surface area contributed by atoms with Crippen molar-refractivity contribution in [3.63, 3.8) is 0 Å². The van der Waals surface area contributed by atoms with Crippen molar-refractivity contribution in [2.24, 2.45) is 0 Å². The van der Waals surface area contributed by atoms with Gasteiger partial charge < -0.3 is 5.32 Å². The van der Waals surface area contributed by atoms with Gasteiger partial charge in [0.2, 0.25) is 5.91 Å². The molecule has 0 aliphatic heterocycles. The first-order valence-corrected chi connectivity index (χ1v) is 8.63. The summed E-state index contributed by atoms with van der Waals surface area (Å²) in [6, 6.07) is 11.4. The smallest absolute Gasteiger partial charge is 0.230 e. The molecule has 0 aliphatic carbocycles. The summed E-state index contributed by atoms with van der Waals surface area (Å²) < 4.78 is 0. The number of carbonyl (C=O) groups excluding carboxylic acids is 1. The molecular weight excluding hydrogens is 344 g/mol. The summed E-state index contributed by atoms with van der Waals surface area (Å²) in [5.41, 5.74) is 3.71. The molecule has 2 aromatic heterocycles. The molecule has 122 valence electrons. The van der Waals surface area contributed by atoms with Crippen LogP contribution in [-0.2, 0) is 4.79 Å². The molecule has 0 atom stereocenters. The van der Waals surface area contributed by atoms with E-state index >= 15 is 0 Å². The summed E-state index contributed by atoms with van der Waals surface area (Å²) in [5, 5.41) is 11.6. The molecule has 2 N–H and O–H groups in total. The number of nitrogens with one attached hydrogen (secondary N) is 2. The highest BCUT2D eigenvalue weighted by Gasteiger charge is 2.18. The first-order valence-electron chi connectivity index (χ1n) is 7.27. The zero-order valence-corrected chi connectivity index (χ0v) is 14.5. The second kappa shape index (κ2) is 7.51. The van der Waals surface area contributed by atoms with Crippen LogP contribution in [0.4, 0.5) is 0 Å². The molecule has 0 saturated carbocycles. The molecule has 7 heteroatoms.